The minimum atomic E-state index is -0.684. The van der Waals surface area contributed by atoms with Crippen molar-refractivity contribution in [2.75, 3.05) is 13.2 Å². The van der Waals surface area contributed by atoms with Gasteiger partial charge >= 0.3 is 0 Å². The third-order valence-corrected chi connectivity index (χ3v) is 2.63. The van der Waals surface area contributed by atoms with Gasteiger partial charge in [0.1, 0.15) is 0 Å². The Morgan fingerprint density at radius 3 is 2.28 bits per heavy atom. The maximum atomic E-state index is 11.9. The number of Topliss-reactive ketones (excluding diaryl/α,β-unsaturated/α-hetero) is 1. The summed E-state index contributed by atoms with van der Waals surface area (Å²) in [6.45, 7) is 4.72. The molecule has 1 rings (SSSR count). The van der Waals surface area contributed by atoms with E-state index in [-0.39, 0.29) is 5.78 Å². The molecule has 3 heteroatoms. The van der Waals surface area contributed by atoms with Crippen LogP contribution in [-0.2, 0) is 20.7 Å². The van der Waals surface area contributed by atoms with E-state index < -0.39 is 6.29 Å². The van der Waals surface area contributed by atoms with Crippen LogP contribution in [0.5, 0.6) is 0 Å². The number of ether oxygens (including phenoxy) is 2. The van der Waals surface area contributed by atoms with Crippen molar-refractivity contribution in [3.05, 3.63) is 35.9 Å². The molecule has 0 unspecified atom stereocenters. The quantitative estimate of drug-likeness (QED) is 0.632. The Balaban J connectivity index is 2.30. The predicted molar refractivity (Wildman–Crippen MR) is 71.4 cm³/mol. The summed E-state index contributed by atoms with van der Waals surface area (Å²) in [6, 6.07) is 10.2. The molecule has 0 spiro atoms. The summed E-state index contributed by atoms with van der Waals surface area (Å²) in [6.07, 6.45) is 1.56. The second-order valence-electron chi connectivity index (χ2n) is 4.05. The molecule has 0 fully saturated rings. The summed E-state index contributed by atoms with van der Waals surface area (Å²) in [5.41, 5.74) is 1.26. The Bertz CT molecular complexity index is 329. The second kappa shape index (κ2) is 8.84. The van der Waals surface area contributed by atoms with Gasteiger partial charge < -0.3 is 9.47 Å². The van der Waals surface area contributed by atoms with Gasteiger partial charge in [-0.1, -0.05) is 30.3 Å². The lowest BCUT2D eigenvalue weighted by Gasteiger charge is -2.15. The average molecular weight is 250 g/mol. The predicted octanol–water partition coefficient (Wildman–Crippen LogP) is 2.98. The zero-order chi connectivity index (χ0) is 13.2. The molecule has 3 nitrogen and oxygen atoms in total. The fourth-order valence-corrected chi connectivity index (χ4v) is 1.77. The highest BCUT2D eigenvalue weighted by Gasteiger charge is 2.17. The molecule has 0 aliphatic heterocycles. The minimum Gasteiger partial charge on any atom is -0.346 e. The Morgan fingerprint density at radius 2 is 1.72 bits per heavy atom. The van der Waals surface area contributed by atoms with Crippen LogP contribution in [-0.4, -0.2) is 25.3 Å². The number of benzene rings is 1. The molecule has 0 heterocycles. The lowest BCUT2D eigenvalue weighted by molar-refractivity contribution is -0.167. The molecular formula is C15H22O3. The smallest absolute Gasteiger partial charge is 0.217 e. The molecule has 0 aromatic heterocycles. The van der Waals surface area contributed by atoms with Crippen LogP contribution in [0.4, 0.5) is 0 Å². The first kappa shape index (κ1) is 14.9. The normalized spacial score (nSPS) is 10.8. The fraction of sp³-hybridized carbons (Fsp3) is 0.533. The molecule has 0 radical (unpaired) electrons. The first-order valence-corrected chi connectivity index (χ1v) is 6.57. The zero-order valence-electron chi connectivity index (χ0n) is 11.2. The number of carbonyl (C=O) groups excluding carboxylic acids is 1. The first-order valence-electron chi connectivity index (χ1n) is 6.57. The van der Waals surface area contributed by atoms with E-state index in [1.165, 1.54) is 5.56 Å². The Labute approximate surface area is 109 Å². The van der Waals surface area contributed by atoms with Crippen molar-refractivity contribution < 1.29 is 14.3 Å². The molecule has 0 atom stereocenters. The fourth-order valence-electron chi connectivity index (χ4n) is 1.77. The van der Waals surface area contributed by atoms with Gasteiger partial charge in [0, 0.05) is 19.6 Å². The van der Waals surface area contributed by atoms with Crippen molar-refractivity contribution in [3.8, 4) is 0 Å². The Hall–Kier alpha value is -1.19. The molecule has 0 aliphatic rings. The van der Waals surface area contributed by atoms with Gasteiger partial charge in [-0.3, -0.25) is 4.79 Å². The van der Waals surface area contributed by atoms with E-state index in [1.54, 1.807) is 0 Å². The van der Waals surface area contributed by atoms with Crippen molar-refractivity contribution in [1.82, 2.24) is 0 Å². The number of hydrogen-bond acceptors (Lipinski definition) is 3. The summed E-state index contributed by atoms with van der Waals surface area (Å²) in [7, 11) is 0. The van der Waals surface area contributed by atoms with Crippen LogP contribution < -0.4 is 0 Å². The highest BCUT2D eigenvalue weighted by molar-refractivity contribution is 5.81. The number of hydrogen-bond donors (Lipinski definition) is 0. The monoisotopic (exact) mass is 250 g/mol. The molecule has 0 aliphatic carbocycles. The van der Waals surface area contributed by atoms with E-state index in [2.05, 4.69) is 12.1 Å². The summed E-state index contributed by atoms with van der Waals surface area (Å²) >= 11 is 0. The van der Waals surface area contributed by atoms with E-state index >= 15 is 0 Å². The molecule has 0 N–H and O–H groups in total. The van der Waals surface area contributed by atoms with Gasteiger partial charge in [-0.25, -0.2) is 0 Å². The largest absolute Gasteiger partial charge is 0.346 e. The number of rotatable bonds is 9. The SMILES string of the molecule is CCOC(OCC)C(=O)CCCc1ccccc1. The molecule has 0 saturated carbocycles. The van der Waals surface area contributed by atoms with Gasteiger partial charge in [0.15, 0.2) is 5.78 Å². The van der Waals surface area contributed by atoms with E-state index in [1.807, 2.05) is 32.0 Å². The Kier molecular flexibility index (Phi) is 7.30. The van der Waals surface area contributed by atoms with Crippen molar-refractivity contribution in [2.24, 2.45) is 0 Å². The average Bonchev–Trinajstić information content (AvgIpc) is 2.39. The lowest BCUT2D eigenvalue weighted by atomic mass is 10.1. The molecule has 18 heavy (non-hydrogen) atoms. The third-order valence-electron chi connectivity index (χ3n) is 2.63. The summed E-state index contributed by atoms with van der Waals surface area (Å²) in [4.78, 5) is 11.9. The first-order chi connectivity index (χ1) is 8.77. The van der Waals surface area contributed by atoms with Crippen LogP contribution in [0.2, 0.25) is 0 Å². The van der Waals surface area contributed by atoms with Gasteiger partial charge in [0.25, 0.3) is 0 Å². The van der Waals surface area contributed by atoms with Crippen molar-refractivity contribution >= 4 is 5.78 Å². The lowest BCUT2D eigenvalue weighted by Crippen LogP contribution is -2.27. The van der Waals surface area contributed by atoms with E-state index in [0.29, 0.717) is 19.6 Å². The number of aryl methyl sites for hydroxylation is 1. The molecule has 1 aromatic rings. The van der Waals surface area contributed by atoms with Crippen LogP contribution >= 0.6 is 0 Å². The van der Waals surface area contributed by atoms with Gasteiger partial charge in [-0.05, 0) is 32.3 Å². The van der Waals surface area contributed by atoms with Crippen molar-refractivity contribution in [3.63, 3.8) is 0 Å². The van der Waals surface area contributed by atoms with Crippen LogP contribution in [0.1, 0.15) is 32.3 Å². The maximum absolute atomic E-state index is 11.9. The van der Waals surface area contributed by atoms with Gasteiger partial charge in [-0.15, -0.1) is 0 Å². The van der Waals surface area contributed by atoms with Crippen LogP contribution in [0, 0.1) is 0 Å². The van der Waals surface area contributed by atoms with Gasteiger partial charge in [0.05, 0.1) is 0 Å². The highest BCUT2D eigenvalue weighted by atomic mass is 16.7. The number of carbonyl (C=O) groups is 1. The van der Waals surface area contributed by atoms with E-state index in [9.17, 15) is 4.79 Å². The molecule has 0 saturated heterocycles. The number of ketones is 1. The van der Waals surface area contributed by atoms with Crippen molar-refractivity contribution in [2.45, 2.75) is 39.4 Å². The van der Waals surface area contributed by atoms with E-state index in [4.69, 9.17) is 9.47 Å². The molecule has 0 amide bonds. The minimum absolute atomic E-state index is 0.0367. The van der Waals surface area contributed by atoms with Crippen LogP contribution in [0.25, 0.3) is 0 Å². The van der Waals surface area contributed by atoms with Crippen LogP contribution in [0.3, 0.4) is 0 Å². The molecule has 100 valence electrons. The third kappa shape index (κ3) is 5.43. The Morgan fingerprint density at radius 1 is 1.11 bits per heavy atom. The van der Waals surface area contributed by atoms with Gasteiger partial charge in [0.2, 0.25) is 6.29 Å². The standard InChI is InChI=1S/C15H22O3/c1-3-17-15(18-4-2)14(16)12-8-11-13-9-6-5-7-10-13/h5-7,9-10,15H,3-4,8,11-12H2,1-2H3. The summed E-state index contributed by atoms with van der Waals surface area (Å²) < 4.78 is 10.6. The second-order valence-corrected chi connectivity index (χ2v) is 4.05. The summed E-state index contributed by atoms with van der Waals surface area (Å²) in [5, 5.41) is 0. The van der Waals surface area contributed by atoms with Crippen LogP contribution in [0.15, 0.2) is 30.3 Å². The topological polar surface area (TPSA) is 35.5 Å². The van der Waals surface area contributed by atoms with Gasteiger partial charge in [-0.2, -0.15) is 0 Å². The maximum Gasteiger partial charge on any atom is 0.217 e. The summed E-state index contributed by atoms with van der Waals surface area (Å²) in [5.74, 6) is 0.0367. The van der Waals surface area contributed by atoms with Crippen molar-refractivity contribution in [1.29, 1.82) is 0 Å². The zero-order valence-corrected chi connectivity index (χ0v) is 11.2. The van der Waals surface area contributed by atoms with E-state index in [0.717, 1.165) is 12.8 Å². The molecule has 0 bridgehead atoms. The highest BCUT2D eigenvalue weighted by Crippen LogP contribution is 2.08. The molecular weight excluding hydrogens is 228 g/mol. The molecule has 1 aromatic carbocycles.